The quantitative estimate of drug-likeness (QED) is 0.723. The van der Waals surface area contributed by atoms with Crippen LogP contribution in [0.15, 0.2) is 0 Å². The van der Waals surface area contributed by atoms with Crippen LogP contribution in [0.3, 0.4) is 0 Å². The lowest BCUT2D eigenvalue weighted by atomic mass is 9.97. The van der Waals surface area contributed by atoms with E-state index in [0.717, 1.165) is 58.5 Å². The van der Waals surface area contributed by atoms with Crippen molar-refractivity contribution in [2.45, 2.75) is 19.3 Å². The van der Waals surface area contributed by atoms with Gasteiger partial charge in [-0.25, -0.2) is 8.42 Å². The summed E-state index contributed by atoms with van der Waals surface area (Å²) in [6.45, 7) is 6.77. The minimum absolute atomic E-state index is 0.285. The summed E-state index contributed by atoms with van der Waals surface area (Å²) in [6.07, 6.45) is 3.05. The second kappa shape index (κ2) is 7.87. The van der Waals surface area contributed by atoms with Gasteiger partial charge in [-0.3, -0.25) is 0 Å². The Labute approximate surface area is 129 Å². The molecular formula is C14H30N4O2S. The first-order valence-electron chi connectivity index (χ1n) is 8.10. The van der Waals surface area contributed by atoms with Crippen LogP contribution >= 0.6 is 0 Å². The maximum absolute atomic E-state index is 12.3. The van der Waals surface area contributed by atoms with Crippen molar-refractivity contribution in [1.29, 1.82) is 0 Å². The summed E-state index contributed by atoms with van der Waals surface area (Å²) in [5, 5.41) is 0. The highest BCUT2D eigenvalue weighted by atomic mass is 32.2. The molecule has 0 saturated carbocycles. The van der Waals surface area contributed by atoms with E-state index in [4.69, 9.17) is 5.73 Å². The van der Waals surface area contributed by atoms with Crippen LogP contribution in [-0.2, 0) is 10.0 Å². The van der Waals surface area contributed by atoms with E-state index >= 15 is 0 Å². The molecule has 2 heterocycles. The zero-order valence-corrected chi connectivity index (χ0v) is 14.0. The van der Waals surface area contributed by atoms with Crippen LogP contribution in [0.1, 0.15) is 19.3 Å². The van der Waals surface area contributed by atoms with Crippen molar-refractivity contribution in [3.63, 3.8) is 0 Å². The number of nitrogens with two attached hydrogens (primary N) is 1. The Morgan fingerprint density at radius 1 is 1.05 bits per heavy atom. The molecule has 0 atom stereocenters. The van der Waals surface area contributed by atoms with Crippen molar-refractivity contribution >= 4 is 10.0 Å². The highest BCUT2D eigenvalue weighted by Crippen LogP contribution is 2.16. The number of nitrogens with zero attached hydrogens (tertiary/aromatic N) is 3. The normalized spacial score (nSPS) is 24.5. The van der Waals surface area contributed by atoms with Gasteiger partial charge in [0.25, 0.3) is 0 Å². The second-order valence-electron chi connectivity index (χ2n) is 6.39. The van der Waals surface area contributed by atoms with E-state index in [1.807, 2.05) is 7.05 Å². The van der Waals surface area contributed by atoms with Gasteiger partial charge in [0, 0.05) is 26.2 Å². The number of sulfonamides is 1. The number of piperazine rings is 1. The standard InChI is InChI=1S/C14H30N4O2S/c1-16-8-10-18(11-9-16)21(19,20)12-2-5-17-6-3-14(13-15)4-7-17/h14H,2-13,15H2,1H3. The third-order valence-corrected chi connectivity index (χ3v) is 6.73. The van der Waals surface area contributed by atoms with Crippen LogP contribution in [0.25, 0.3) is 0 Å². The van der Waals surface area contributed by atoms with Crippen molar-refractivity contribution in [2.24, 2.45) is 11.7 Å². The number of likely N-dealkylation sites (tertiary alicyclic amines) is 1. The largest absolute Gasteiger partial charge is 0.330 e. The van der Waals surface area contributed by atoms with E-state index < -0.39 is 10.0 Å². The molecule has 0 spiro atoms. The first kappa shape index (κ1) is 17.1. The molecule has 0 unspecified atom stereocenters. The fourth-order valence-corrected chi connectivity index (χ4v) is 4.58. The van der Waals surface area contributed by atoms with Crippen molar-refractivity contribution in [3.05, 3.63) is 0 Å². The second-order valence-corrected chi connectivity index (χ2v) is 8.48. The number of rotatable bonds is 6. The summed E-state index contributed by atoms with van der Waals surface area (Å²) >= 11 is 0. The molecule has 2 aliphatic rings. The van der Waals surface area contributed by atoms with Crippen LogP contribution < -0.4 is 5.73 Å². The first-order chi connectivity index (χ1) is 10.0. The molecule has 0 radical (unpaired) electrons. The topological polar surface area (TPSA) is 69.9 Å². The van der Waals surface area contributed by atoms with E-state index in [1.54, 1.807) is 4.31 Å². The maximum Gasteiger partial charge on any atom is 0.214 e. The van der Waals surface area contributed by atoms with Gasteiger partial charge in [0.1, 0.15) is 0 Å². The molecule has 2 fully saturated rings. The highest BCUT2D eigenvalue weighted by Gasteiger charge is 2.25. The molecule has 2 aliphatic heterocycles. The van der Waals surface area contributed by atoms with Gasteiger partial charge in [-0.05, 0) is 58.4 Å². The lowest BCUT2D eigenvalue weighted by Crippen LogP contribution is -2.48. The Morgan fingerprint density at radius 2 is 1.67 bits per heavy atom. The number of piperidine rings is 1. The van der Waals surface area contributed by atoms with Crippen molar-refractivity contribution in [2.75, 3.05) is 65.2 Å². The van der Waals surface area contributed by atoms with Crippen molar-refractivity contribution < 1.29 is 8.42 Å². The molecule has 7 heteroatoms. The fourth-order valence-electron chi connectivity index (χ4n) is 3.11. The van der Waals surface area contributed by atoms with Gasteiger partial charge in [-0.2, -0.15) is 4.31 Å². The minimum atomic E-state index is -3.06. The molecule has 0 amide bonds. The SMILES string of the molecule is CN1CCN(S(=O)(=O)CCCN2CCC(CN)CC2)CC1. The molecule has 2 N–H and O–H groups in total. The van der Waals surface area contributed by atoms with Gasteiger partial charge in [0.2, 0.25) is 10.0 Å². The van der Waals surface area contributed by atoms with Crippen LogP contribution in [0.2, 0.25) is 0 Å². The Balaban J connectivity index is 1.68. The number of hydrogen-bond acceptors (Lipinski definition) is 5. The zero-order chi connectivity index (χ0) is 15.3. The van der Waals surface area contributed by atoms with E-state index in [1.165, 1.54) is 0 Å². The number of hydrogen-bond donors (Lipinski definition) is 1. The van der Waals surface area contributed by atoms with Gasteiger partial charge < -0.3 is 15.5 Å². The Hall–Kier alpha value is -0.210. The van der Waals surface area contributed by atoms with Crippen molar-refractivity contribution in [1.82, 2.24) is 14.1 Å². The van der Waals surface area contributed by atoms with Crippen molar-refractivity contribution in [3.8, 4) is 0 Å². The summed E-state index contributed by atoms with van der Waals surface area (Å²) in [5.74, 6) is 0.948. The third-order valence-electron chi connectivity index (χ3n) is 4.77. The number of likely N-dealkylation sites (N-methyl/N-ethyl adjacent to an activating group) is 1. The lowest BCUT2D eigenvalue weighted by molar-refractivity contribution is 0.187. The molecular weight excluding hydrogens is 288 g/mol. The molecule has 2 saturated heterocycles. The van der Waals surface area contributed by atoms with Gasteiger partial charge in [0.15, 0.2) is 0 Å². The van der Waals surface area contributed by atoms with Gasteiger partial charge >= 0.3 is 0 Å². The summed E-state index contributed by atoms with van der Waals surface area (Å²) in [6, 6.07) is 0. The predicted molar refractivity (Wildman–Crippen MR) is 85.7 cm³/mol. The average molecular weight is 318 g/mol. The molecule has 124 valence electrons. The van der Waals surface area contributed by atoms with Gasteiger partial charge in [-0.15, -0.1) is 0 Å². The monoisotopic (exact) mass is 318 g/mol. The fraction of sp³-hybridized carbons (Fsp3) is 1.00. The third kappa shape index (κ3) is 5.17. The van der Waals surface area contributed by atoms with Gasteiger partial charge in [-0.1, -0.05) is 0 Å². The molecule has 0 bridgehead atoms. The molecule has 21 heavy (non-hydrogen) atoms. The van der Waals surface area contributed by atoms with Gasteiger partial charge in [0.05, 0.1) is 5.75 Å². The highest BCUT2D eigenvalue weighted by molar-refractivity contribution is 7.89. The molecule has 6 nitrogen and oxygen atoms in total. The molecule has 0 aromatic heterocycles. The smallest absolute Gasteiger partial charge is 0.214 e. The van der Waals surface area contributed by atoms with E-state index in [9.17, 15) is 8.42 Å². The summed E-state index contributed by atoms with van der Waals surface area (Å²) in [7, 11) is -1.03. The molecule has 0 aromatic carbocycles. The Bertz CT molecular complexity index is 399. The average Bonchev–Trinajstić information content (AvgIpc) is 2.48. The molecule has 0 aliphatic carbocycles. The zero-order valence-electron chi connectivity index (χ0n) is 13.2. The maximum atomic E-state index is 12.3. The first-order valence-corrected chi connectivity index (χ1v) is 9.71. The summed E-state index contributed by atoms with van der Waals surface area (Å²) in [5.41, 5.74) is 5.69. The minimum Gasteiger partial charge on any atom is -0.330 e. The van der Waals surface area contributed by atoms with E-state index in [0.29, 0.717) is 19.0 Å². The van der Waals surface area contributed by atoms with Crippen LogP contribution in [0.5, 0.6) is 0 Å². The molecule has 0 aromatic rings. The summed E-state index contributed by atoms with van der Waals surface area (Å²) < 4.78 is 26.3. The molecule has 2 rings (SSSR count). The van der Waals surface area contributed by atoms with E-state index in [2.05, 4.69) is 9.80 Å². The summed E-state index contributed by atoms with van der Waals surface area (Å²) in [4.78, 5) is 4.55. The van der Waals surface area contributed by atoms with Crippen LogP contribution in [-0.4, -0.2) is 87.7 Å². The van der Waals surface area contributed by atoms with Crippen LogP contribution in [0, 0.1) is 5.92 Å². The Kier molecular flexibility index (Phi) is 6.43. The Morgan fingerprint density at radius 3 is 2.24 bits per heavy atom. The lowest BCUT2D eigenvalue weighted by Gasteiger charge is -2.33. The van der Waals surface area contributed by atoms with E-state index in [-0.39, 0.29) is 5.75 Å². The van der Waals surface area contributed by atoms with Crippen LogP contribution in [0.4, 0.5) is 0 Å². The predicted octanol–water partition coefficient (Wildman–Crippen LogP) is -0.376.